The van der Waals surface area contributed by atoms with Gasteiger partial charge in [-0.25, -0.2) is 13.1 Å². The summed E-state index contributed by atoms with van der Waals surface area (Å²) in [6, 6.07) is 3.69. The number of nitrogens with one attached hydrogen (secondary N) is 2. The summed E-state index contributed by atoms with van der Waals surface area (Å²) < 4.78 is 27.2. The summed E-state index contributed by atoms with van der Waals surface area (Å²) in [5, 5.41) is 13.5. The zero-order valence-corrected chi connectivity index (χ0v) is 12.1. The quantitative estimate of drug-likeness (QED) is 0.615. The average Bonchev–Trinajstić information content (AvgIpc) is 3.15. The van der Waals surface area contributed by atoms with Crippen LogP contribution < -0.4 is 10.0 Å². The van der Waals surface area contributed by atoms with Gasteiger partial charge in [-0.1, -0.05) is 13.3 Å². The first-order chi connectivity index (χ1) is 9.39. The second-order valence-electron chi connectivity index (χ2n) is 4.82. The van der Waals surface area contributed by atoms with Crippen molar-refractivity contribution in [3.63, 3.8) is 0 Å². The number of non-ortho nitro benzene ring substituents is 1. The fourth-order valence-electron chi connectivity index (χ4n) is 2.16. The molecule has 8 heteroatoms. The third-order valence-corrected chi connectivity index (χ3v) is 5.02. The van der Waals surface area contributed by atoms with Gasteiger partial charge in [0, 0.05) is 25.2 Å². The SMILES string of the molecule is CCC1CC1NS(=O)(=O)c1cc([N+](=O)[O-])ccc1NC. The third-order valence-electron chi connectivity index (χ3n) is 3.49. The minimum absolute atomic E-state index is 0.0611. The fraction of sp³-hybridized carbons (Fsp3) is 0.500. The molecular weight excluding hydrogens is 282 g/mol. The minimum atomic E-state index is -3.76. The summed E-state index contributed by atoms with van der Waals surface area (Å²) in [5.41, 5.74) is 0.101. The van der Waals surface area contributed by atoms with E-state index in [1.54, 1.807) is 7.05 Å². The minimum Gasteiger partial charge on any atom is -0.387 e. The van der Waals surface area contributed by atoms with Crippen LogP contribution in [0.4, 0.5) is 11.4 Å². The molecule has 0 radical (unpaired) electrons. The molecule has 0 saturated heterocycles. The van der Waals surface area contributed by atoms with Crippen molar-refractivity contribution in [3.8, 4) is 0 Å². The zero-order chi connectivity index (χ0) is 14.9. The van der Waals surface area contributed by atoms with Gasteiger partial charge in [-0.15, -0.1) is 0 Å². The normalized spacial score (nSPS) is 21.5. The highest BCUT2D eigenvalue weighted by atomic mass is 32.2. The molecule has 0 aromatic heterocycles. The molecule has 1 aromatic carbocycles. The van der Waals surface area contributed by atoms with Gasteiger partial charge in [0.15, 0.2) is 0 Å². The second kappa shape index (κ2) is 5.37. The van der Waals surface area contributed by atoms with Crippen molar-refractivity contribution in [1.82, 2.24) is 4.72 Å². The van der Waals surface area contributed by atoms with Crippen molar-refractivity contribution < 1.29 is 13.3 Å². The van der Waals surface area contributed by atoms with Crippen molar-refractivity contribution in [1.29, 1.82) is 0 Å². The summed E-state index contributed by atoms with van der Waals surface area (Å²) in [4.78, 5) is 10.1. The average molecular weight is 299 g/mol. The molecule has 20 heavy (non-hydrogen) atoms. The molecule has 1 aliphatic rings. The number of nitro benzene ring substituents is 1. The molecule has 0 amide bonds. The van der Waals surface area contributed by atoms with Crippen LogP contribution in [0.3, 0.4) is 0 Å². The maximum absolute atomic E-state index is 12.3. The van der Waals surface area contributed by atoms with Crippen LogP contribution >= 0.6 is 0 Å². The monoisotopic (exact) mass is 299 g/mol. The first kappa shape index (κ1) is 14.7. The van der Waals surface area contributed by atoms with Crippen LogP contribution in [-0.4, -0.2) is 26.4 Å². The molecule has 0 spiro atoms. The smallest absolute Gasteiger partial charge is 0.270 e. The van der Waals surface area contributed by atoms with E-state index in [0.29, 0.717) is 11.6 Å². The molecule has 0 heterocycles. The van der Waals surface area contributed by atoms with Crippen molar-refractivity contribution in [2.45, 2.75) is 30.7 Å². The van der Waals surface area contributed by atoms with Crippen LogP contribution in [0.2, 0.25) is 0 Å². The van der Waals surface area contributed by atoms with Crippen molar-refractivity contribution in [2.75, 3.05) is 12.4 Å². The number of hydrogen-bond donors (Lipinski definition) is 2. The molecule has 110 valence electrons. The van der Waals surface area contributed by atoms with E-state index in [4.69, 9.17) is 0 Å². The van der Waals surface area contributed by atoms with E-state index in [9.17, 15) is 18.5 Å². The van der Waals surface area contributed by atoms with E-state index in [1.165, 1.54) is 12.1 Å². The van der Waals surface area contributed by atoms with E-state index in [1.807, 2.05) is 6.92 Å². The lowest BCUT2D eigenvalue weighted by Gasteiger charge is -2.11. The molecule has 1 aliphatic carbocycles. The van der Waals surface area contributed by atoms with E-state index >= 15 is 0 Å². The molecule has 1 fully saturated rings. The number of anilines is 1. The van der Waals surface area contributed by atoms with Gasteiger partial charge in [-0.2, -0.15) is 0 Å². The standard InChI is InChI=1S/C12H17N3O4S/c1-3-8-6-11(8)14-20(18,19)12-7-9(15(16)17)4-5-10(12)13-2/h4-5,7-8,11,13-14H,3,6H2,1-2H3. The molecule has 2 N–H and O–H groups in total. The predicted molar refractivity (Wildman–Crippen MR) is 75.2 cm³/mol. The van der Waals surface area contributed by atoms with Crippen LogP contribution in [0.15, 0.2) is 23.1 Å². The van der Waals surface area contributed by atoms with Gasteiger partial charge >= 0.3 is 0 Å². The van der Waals surface area contributed by atoms with Gasteiger partial charge in [0.05, 0.1) is 10.6 Å². The number of nitro groups is 1. The molecule has 1 aromatic rings. The number of nitrogens with zero attached hydrogens (tertiary/aromatic N) is 1. The summed E-state index contributed by atoms with van der Waals surface area (Å²) in [7, 11) is -2.18. The Morgan fingerprint density at radius 1 is 1.45 bits per heavy atom. The lowest BCUT2D eigenvalue weighted by molar-refractivity contribution is -0.385. The summed E-state index contributed by atoms with van der Waals surface area (Å²) in [6.45, 7) is 2.01. The van der Waals surface area contributed by atoms with Crippen LogP contribution in [0.1, 0.15) is 19.8 Å². The van der Waals surface area contributed by atoms with Crippen molar-refractivity contribution >= 4 is 21.4 Å². The zero-order valence-electron chi connectivity index (χ0n) is 11.3. The lowest BCUT2D eigenvalue weighted by atomic mass is 10.3. The van der Waals surface area contributed by atoms with E-state index in [2.05, 4.69) is 10.0 Å². The Morgan fingerprint density at radius 3 is 2.65 bits per heavy atom. The Morgan fingerprint density at radius 2 is 2.15 bits per heavy atom. The van der Waals surface area contributed by atoms with E-state index in [-0.39, 0.29) is 16.6 Å². The highest BCUT2D eigenvalue weighted by molar-refractivity contribution is 7.89. The molecule has 2 atom stereocenters. The molecule has 2 rings (SSSR count). The maximum Gasteiger partial charge on any atom is 0.270 e. The Balaban J connectivity index is 2.34. The summed E-state index contributed by atoms with van der Waals surface area (Å²) >= 11 is 0. The van der Waals surface area contributed by atoms with Crippen LogP contribution in [0.25, 0.3) is 0 Å². The molecule has 0 aliphatic heterocycles. The van der Waals surface area contributed by atoms with Crippen molar-refractivity contribution in [3.05, 3.63) is 28.3 Å². The molecule has 0 bridgehead atoms. The highest BCUT2D eigenvalue weighted by Gasteiger charge is 2.39. The largest absolute Gasteiger partial charge is 0.387 e. The Labute approximate surface area is 117 Å². The van der Waals surface area contributed by atoms with Crippen molar-refractivity contribution in [2.24, 2.45) is 5.92 Å². The van der Waals surface area contributed by atoms with Gasteiger partial charge in [-0.3, -0.25) is 10.1 Å². The van der Waals surface area contributed by atoms with Gasteiger partial charge in [0.1, 0.15) is 4.90 Å². The van der Waals surface area contributed by atoms with E-state index in [0.717, 1.165) is 18.9 Å². The third kappa shape index (κ3) is 2.91. The number of rotatable bonds is 6. The Bertz CT molecular complexity index is 630. The number of sulfonamides is 1. The molecular formula is C12H17N3O4S. The van der Waals surface area contributed by atoms with Gasteiger partial charge < -0.3 is 5.32 Å². The maximum atomic E-state index is 12.3. The van der Waals surface area contributed by atoms with Gasteiger partial charge in [-0.05, 0) is 18.4 Å². The second-order valence-corrected chi connectivity index (χ2v) is 6.50. The van der Waals surface area contributed by atoms with Gasteiger partial charge in [0.25, 0.3) is 5.69 Å². The number of benzene rings is 1. The Hall–Kier alpha value is -1.67. The van der Waals surface area contributed by atoms with Crippen LogP contribution in [0.5, 0.6) is 0 Å². The topological polar surface area (TPSA) is 101 Å². The molecule has 7 nitrogen and oxygen atoms in total. The van der Waals surface area contributed by atoms with Gasteiger partial charge in [0.2, 0.25) is 10.0 Å². The first-order valence-electron chi connectivity index (χ1n) is 6.37. The lowest BCUT2D eigenvalue weighted by Crippen LogP contribution is -2.27. The highest BCUT2D eigenvalue weighted by Crippen LogP contribution is 2.35. The Kier molecular flexibility index (Phi) is 3.96. The summed E-state index contributed by atoms with van der Waals surface area (Å²) in [6.07, 6.45) is 1.74. The van der Waals surface area contributed by atoms with E-state index < -0.39 is 14.9 Å². The molecule has 1 saturated carbocycles. The summed E-state index contributed by atoms with van der Waals surface area (Å²) in [5.74, 6) is 0.363. The fourth-order valence-corrected chi connectivity index (χ4v) is 3.71. The van der Waals surface area contributed by atoms with Crippen LogP contribution in [0, 0.1) is 16.0 Å². The van der Waals surface area contributed by atoms with Crippen LogP contribution in [-0.2, 0) is 10.0 Å². The molecule has 2 unspecified atom stereocenters. The predicted octanol–water partition coefficient (Wildman–Crippen LogP) is 1.71. The first-order valence-corrected chi connectivity index (χ1v) is 7.86. The number of hydrogen-bond acceptors (Lipinski definition) is 5.